The second-order valence-electron chi connectivity index (χ2n) is 9.76. The molecule has 3 aromatic carbocycles. The second-order valence-corrected chi connectivity index (χ2v) is 9.76. The van der Waals surface area contributed by atoms with Gasteiger partial charge in [-0.15, -0.1) is 0 Å². The Balaban J connectivity index is 1.49. The van der Waals surface area contributed by atoms with E-state index in [4.69, 9.17) is 15.1 Å². The van der Waals surface area contributed by atoms with Gasteiger partial charge in [-0.25, -0.2) is 9.38 Å². The fourth-order valence-electron chi connectivity index (χ4n) is 5.27. The number of halogens is 2. The molecule has 0 spiro atoms. The molecule has 0 radical (unpaired) electrons. The van der Waals surface area contributed by atoms with E-state index < -0.39 is 11.6 Å². The molecule has 0 saturated heterocycles. The fraction of sp³-hybridized carbons (Fsp3) is 0.258. The number of carbonyl (C=O) groups excluding carboxylic acids is 1. The van der Waals surface area contributed by atoms with E-state index >= 15 is 0 Å². The van der Waals surface area contributed by atoms with E-state index in [1.807, 2.05) is 37.3 Å². The molecule has 2 N–H and O–H groups in total. The van der Waals surface area contributed by atoms with Gasteiger partial charge in [0.2, 0.25) is 5.82 Å². The quantitative estimate of drug-likeness (QED) is 0.199. The third-order valence-electron chi connectivity index (χ3n) is 7.32. The molecule has 1 heterocycles. The van der Waals surface area contributed by atoms with E-state index in [9.17, 15) is 13.6 Å². The van der Waals surface area contributed by atoms with Crippen LogP contribution < -0.4 is 10.1 Å². The number of nitrogens with one attached hydrogen (secondary N) is 2. The summed E-state index contributed by atoms with van der Waals surface area (Å²) in [4.78, 5) is 20.9. The first-order chi connectivity index (χ1) is 18.4. The first-order valence-electron chi connectivity index (χ1n) is 12.8. The standard InChI is InChI=1S/C31H29F2N3O2/c1-18-15-20(11-12-21(18)27(37)16-25(34)19-7-3-4-8-19)36-26-10-6-5-9-23-24(17-35-31(23)26)22-13-14-28(38-2)30(33)29(22)32/h5-6,9-15,17,19,34-35H,3-4,7-8,16H2,1-2H3. The van der Waals surface area contributed by atoms with E-state index in [2.05, 4.69) is 4.98 Å². The third-order valence-corrected chi connectivity index (χ3v) is 7.32. The van der Waals surface area contributed by atoms with Crippen molar-refractivity contribution in [3.63, 3.8) is 0 Å². The highest BCUT2D eigenvalue weighted by molar-refractivity contribution is 6.10. The zero-order chi connectivity index (χ0) is 26.8. The average molecular weight is 514 g/mol. The van der Waals surface area contributed by atoms with E-state index in [1.165, 1.54) is 19.2 Å². The lowest BCUT2D eigenvalue weighted by Crippen LogP contribution is -2.15. The highest BCUT2D eigenvalue weighted by atomic mass is 19.2. The average Bonchev–Trinajstić information content (AvgIpc) is 3.54. The van der Waals surface area contributed by atoms with Crippen LogP contribution in [0.1, 0.15) is 48.0 Å². The summed E-state index contributed by atoms with van der Waals surface area (Å²) >= 11 is 0. The number of benzene rings is 2. The molecule has 1 aromatic heterocycles. The number of aromatic amines is 1. The number of hydrogen-bond acceptors (Lipinski definition) is 4. The van der Waals surface area contributed by atoms with Crippen molar-refractivity contribution < 1.29 is 18.3 Å². The van der Waals surface area contributed by atoms with Gasteiger partial charge in [0.25, 0.3) is 0 Å². The Kier molecular flexibility index (Phi) is 7.18. The molecule has 5 nitrogen and oxygen atoms in total. The molecule has 7 heteroatoms. The van der Waals surface area contributed by atoms with E-state index in [0.717, 1.165) is 31.2 Å². The number of ether oxygens (including phenoxy) is 1. The Bertz CT molecular complexity index is 1620. The number of aryl methyl sites for hydroxylation is 1. The van der Waals surface area contributed by atoms with E-state index in [-0.39, 0.29) is 29.4 Å². The number of Topliss-reactive ketones (excluding diaryl/α,β-unsaturated/α-hetero) is 1. The van der Waals surface area contributed by atoms with Gasteiger partial charge in [0.15, 0.2) is 17.3 Å². The summed E-state index contributed by atoms with van der Waals surface area (Å²) in [7, 11) is 1.29. The van der Waals surface area contributed by atoms with Crippen molar-refractivity contribution in [1.82, 2.24) is 4.98 Å². The molecule has 0 atom stereocenters. The molecule has 1 aliphatic carbocycles. The molecule has 1 saturated carbocycles. The number of fused-ring (bicyclic) bond motifs is 1. The lowest BCUT2D eigenvalue weighted by atomic mass is 9.93. The maximum atomic E-state index is 14.9. The van der Waals surface area contributed by atoms with E-state index in [1.54, 1.807) is 18.3 Å². The molecule has 38 heavy (non-hydrogen) atoms. The van der Waals surface area contributed by atoms with Gasteiger partial charge >= 0.3 is 0 Å². The Labute approximate surface area is 219 Å². The lowest BCUT2D eigenvalue weighted by Gasteiger charge is -2.11. The second kappa shape index (κ2) is 10.7. The van der Waals surface area contributed by atoms with Crippen molar-refractivity contribution in [2.45, 2.75) is 39.0 Å². The van der Waals surface area contributed by atoms with Gasteiger partial charge < -0.3 is 15.1 Å². The maximum Gasteiger partial charge on any atom is 0.201 e. The Morgan fingerprint density at radius 1 is 1.05 bits per heavy atom. The first kappa shape index (κ1) is 25.5. The zero-order valence-corrected chi connectivity index (χ0v) is 21.4. The number of hydrogen-bond donors (Lipinski definition) is 2. The van der Waals surface area contributed by atoms with Crippen LogP contribution in [0.5, 0.6) is 5.75 Å². The van der Waals surface area contributed by atoms with E-state index in [0.29, 0.717) is 38.8 Å². The Morgan fingerprint density at radius 3 is 2.55 bits per heavy atom. The van der Waals surface area contributed by atoms with Gasteiger partial charge in [0, 0.05) is 40.4 Å². The summed E-state index contributed by atoms with van der Waals surface area (Å²) in [6, 6.07) is 15.6. The molecule has 5 rings (SSSR count). The smallest absolute Gasteiger partial charge is 0.201 e. The summed E-state index contributed by atoms with van der Waals surface area (Å²) in [5.41, 5.74) is 3.90. The molecule has 4 aromatic rings. The van der Waals surface area contributed by atoms with Gasteiger partial charge in [0.05, 0.1) is 23.7 Å². The van der Waals surface area contributed by atoms with Crippen LogP contribution in [-0.2, 0) is 0 Å². The SMILES string of the molecule is COc1ccc(-c2c[nH]c3c(=Nc4ccc(C(=O)CC(=N)C5CCCC5)c(C)c4)ccccc23)c(F)c1F. The summed E-state index contributed by atoms with van der Waals surface area (Å²) in [6.45, 7) is 1.87. The monoisotopic (exact) mass is 513 g/mol. The van der Waals surface area contributed by atoms with Gasteiger partial charge in [-0.1, -0.05) is 31.0 Å². The first-order valence-corrected chi connectivity index (χ1v) is 12.8. The van der Waals surface area contributed by atoms with Crippen LogP contribution in [-0.4, -0.2) is 23.6 Å². The molecule has 1 fully saturated rings. The van der Waals surface area contributed by atoms with Crippen LogP contribution >= 0.6 is 0 Å². The topological polar surface area (TPSA) is 78.3 Å². The van der Waals surface area contributed by atoms with Crippen molar-refractivity contribution in [2.75, 3.05) is 7.11 Å². The maximum absolute atomic E-state index is 14.9. The highest BCUT2D eigenvalue weighted by Gasteiger charge is 2.22. The number of carbonyl (C=O) groups is 1. The highest BCUT2D eigenvalue weighted by Crippen LogP contribution is 2.33. The lowest BCUT2D eigenvalue weighted by molar-refractivity contribution is 0.0998. The number of rotatable bonds is 7. The molecule has 0 bridgehead atoms. The van der Waals surface area contributed by atoms with Crippen molar-refractivity contribution >= 4 is 28.1 Å². The third kappa shape index (κ3) is 4.88. The van der Waals surface area contributed by atoms with Crippen molar-refractivity contribution in [3.8, 4) is 16.9 Å². The predicted molar refractivity (Wildman–Crippen MR) is 145 cm³/mol. The summed E-state index contributed by atoms with van der Waals surface area (Å²) in [6.07, 6.45) is 6.08. The fourth-order valence-corrected chi connectivity index (χ4v) is 5.27. The minimum absolute atomic E-state index is 0.0396. The Hall–Kier alpha value is -4.13. The molecule has 0 amide bonds. The molecule has 1 aliphatic rings. The normalized spacial score (nSPS) is 14.3. The number of nitrogens with zero attached hydrogens (tertiary/aromatic N) is 1. The summed E-state index contributed by atoms with van der Waals surface area (Å²) in [5.74, 6) is -1.97. The van der Waals surface area contributed by atoms with Crippen LogP contribution in [0.15, 0.2) is 65.8 Å². The number of aromatic nitrogens is 1. The molecular weight excluding hydrogens is 484 g/mol. The molecule has 0 aliphatic heterocycles. The minimum Gasteiger partial charge on any atom is -0.494 e. The molecular formula is C31H29F2N3O2. The van der Waals surface area contributed by atoms with Crippen LogP contribution in [0.25, 0.3) is 22.0 Å². The van der Waals surface area contributed by atoms with Crippen molar-refractivity contribution in [2.24, 2.45) is 10.9 Å². The minimum atomic E-state index is -1.03. The molecule has 0 unspecified atom stereocenters. The summed E-state index contributed by atoms with van der Waals surface area (Å²) in [5, 5.41) is 9.64. The van der Waals surface area contributed by atoms with Crippen LogP contribution in [0.3, 0.4) is 0 Å². The predicted octanol–water partition coefficient (Wildman–Crippen LogP) is 7.45. The van der Waals surface area contributed by atoms with Crippen molar-refractivity contribution in [1.29, 1.82) is 5.41 Å². The number of H-pyrrole nitrogens is 1. The van der Waals surface area contributed by atoms with Gasteiger partial charge in [-0.2, -0.15) is 4.39 Å². The van der Waals surface area contributed by atoms with Crippen LogP contribution in [0, 0.1) is 29.9 Å². The largest absolute Gasteiger partial charge is 0.494 e. The van der Waals surface area contributed by atoms with Gasteiger partial charge in [-0.3, -0.25) is 4.79 Å². The van der Waals surface area contributed by atoms with Crippen molar-refractivity contribution in [3.05, 3.63) is 88.9 Å². The van der Waals surface area contributed by atoms with Gasteiger partial charge in [0.1, 0.15) is 0 Å². The van der Waals surface area contributed by atoms with Crippen LogP contribution in [0.2, 0.25) is 0 Å². The molecule has 194 valence electrons. The zero-order valence-electron chi connectivity index (χ0n) is 21.4. The van der Waals surface area contributed by atoms with Crippen LogP contribution in [0.4, 0.5) is 14.5 Å². The summed E-state index contributed by atoms with van der Waals surface area (Å²) < 4.78 is 34.2. The van der Waals surface area contributed by atoms with Gasteiger partial charge in [-0.05, 0) is 67.6 Å². The number of ketones is 1. The Morgan fingerprint density at radius 2 is 1.82 bits per heavy atom. The number of methoxy groups -OCH3 is 1.